The second-order valence-electron chi connectivity index (χ2n) is 7.34. The van der Waals surface area contributed by atoms with Crippen molar-refractivity contribution >= 4 is 15.7 Å². The molecule has 2 heterocycles. The number of amides is 1. The summed E-state index contributed by atoms with van der Waals surface area (Å²) in [4.78, 5) is 16.1. The molecule has 0 spiro atoms. The molecule has 1 aromatic carbocycles. The summed E-state index contributed by atoms with van der Waals surface area (Å²) < 4.78 is 37.6. The van der Waals surface area contributed by atoms with E-state index < -0.39 is 15.1 Å². The van der Waals surface area contributed by atoms with Gasteiger partial charge in [-0.2, -0.15) is 0 Å². The van der Waals surface area contributed by atoms with Gasteiger partial charge in [-0.3, -0.25) is 4.79 Å². The number of hydrogen-bond donors (Lipinski definition) is 0. The number of carbonyl (C=O) groups excluding carboxylic acids is 1. The second-order valence-corrected chi connectivity index (χ2v) is 9.61. The lowest BCUT2D eigenvalue weighted by molar-refractivity contribution is -0.130. The molecule has 0 bridgehead atoms. The lowest BCUT2D eigenvalue weighted by atomic mass is 10.00. The van der Waals surface area contributed by atoms with Crippen molar-refractivity contribution in [2.45, 2.75) is 30.6 Å². The van der Waals surface area contributed by atoms with Crippen LogP contribution in [0.2, 0.25) is 0 Å². The Morgan fingerprint density at radius 2 is 1.92 bits per heavy atom. The molecule has 2 fully saturated rings. The summed E-state index contributed by atoms with van der Waals surface area (Å²) in [5, 5.41) is -0.416. The molecule has 0 aliphatic carbocycles. The molecule has 1 amide bonds. The van der Waals surface area contributed by atoms with Crippen LogP contribution < -0.4 is 0 Å². The minimum Gasteiger partial charge on any atom is -0.341 e. The van der Waals surface area contributed by atoms with Crippen LogP contribution in [0.15, 0.2) is 24.3 Å². The number of benzene rings is 1. The summed E-state index contributed by atoms with van der Waals surface area (Å²) >= 11 is 0. The van der Waals surface area contributed by atoms with Gasteiger partial charge in [0.15, 0.2) is 9.84 Å². The number of aryl methyl sites for hydroxylation is 1. The Balaban J connectivity index is 1.55. The van der Waals surface area contributed by atoms with Crippen LogP contribution in [-0.4, -0.2) is 68.4 Å². The second kappa shape index (κ2) is 7.03. The van der Waals surface area contributed by atoms with Crippen LogP contribution in [-0.2, 0) is 21.1 Å². The molecule has 1 aromatic rings. The van der Waals surface area contributed by atoms with Gasteiger partial charge in [0.05, 0.1) is 11.0 Å². The van der Waals surface area contributed by atoms with E-state index in [0.717, 1.165) is 5.56 Å². The predicted molar refractivity (Wildman–Crippen MR) is 94.5 cm³/mol. The number of hydrogen-bond acceptors (Lipinski definition) is 4. The van der Waals surface area contributed by atoms with E-state index in [1.54, 1.807) is 17.0 Å². The number of fused-ring (bicyclic) bond motifs is 1. The zero-order valence-corrected chi connectivity index (χ0v) is 15.5. The topological polar surface area (TPSA) is 57.7 Å². The Morgan fingerprint density at radius 3 is 2.56 bits per heavy atom. The molecule has 2 saturated heterocycles. The third-order valence-corrected chi connectivity index (χ3v) is 7.68. The maximum Gasteiger partial charge on any atom is 0.222 e. The number of halogens is 1. The third-order valence-electron chi connectivity index (χ3n) is 5.45. The van der Waals surface area contributed by atoms with Crippen molar-refractivity contribution < 1.29 is 17.6 Å². The first-order chi connectivity index (χ1) is 11.8. The lowest BCUT2D eigenvalue weighted by Gasteiger charge is -2.25. The van der Waals surface area contributed by atoms with Crippen molar-refractivity contribution in [3.63, 3.8) is 0 Å². The first-order valence-electron chi connectivity index (χ1n) is 8.68. The zero-order valence-electron chi connectivity index (χ0n) is 14.7. The molecule has 138 valence electrons. The standard InChI is InChI=1S/C18H25FN2O3S/c1-20(2)16-12-25(23,24)17-11-21(10-15(16)17)18(22)5-3-4-13-6-8-14(19)9-7-13/h6-9,15-17H,3-5,10-12H2,1-2H3/t15-,16+,17-/m0/s1. The quantitative estimate of drug-likeness (QED) is 0.787. The maximum atomic E-state index is 12.9. The van der Waals surface area contributed by atoms with Crippen LogP contribution in [0.3, 0.4) is 0 Å². The summed E-state index contributed by atoms with van der Waals surface area (Å²) in [6.07, 6.45) is 1.79. The molecule has 2 aliphatic heterocycles. The van der Waals surface area contributed by atoms with Crippen LogP contribution in [0, 0.1) is 11.7 Å². The van der Waals surface area contributed by atoms with Gasteiger partial charge in [0, 0.05) is 31.5 Å². The minimum absolute atomic E-state index is 0.00739. The van der Waals surface area contributed by atoms with E-state index in [2.05, 4.69) is 0 Å². The Morgan fingerprint density at radius 1 is 1.24 bits per heavy atom. The number of nitrogens with zero attached hydrogens (tertiary/aromatic N) is 2. The maximum absolute atomic E-state index is 12.9. The fraction of sp³-hybridized carbons (Fsp3) is 0.611. The fourth-order valence-electron chi connectivity index (χ4n) is 4.02. The van der Waals surface area contributed by atoms with Crippen molar-refractivity contribution in [3.8, 4) is 0 Å². The molecule has 5 nitrogen and oxygen atoms in total. The summed E-state index contributed by atoms with van der Waals surface area (Å²) in [7, 11) is 0.674. The van der Waals surface area contributed by atoms with Crippen LogP contribution >= 0.6 is 0 Å². The Bertz CT molecular complexity index is 733. The number of rotatable bonds is 5. The van der Waals surface area contributed by atoms with Crippen LogP contribution in [0.25, 0.3) is 0 Å². The van der Waals surface area contributed by atoms with Crippen molar-refractivity contribution in [1.29, 1.82) is 0 Å². The highest BCUT2D eigenvalue weighted by atomic mass is 32.2. The molecule has 3 rings (SSSR count). The Hall–Kier alpha value is -1.47. The van der Waals surface area contributed by atoms with Gasteiger partial charge in [-0.15, -0.1) is 0 Å². The molecular weight excluding hydrogens is 343 g/mol. The third kappa shape index (κ3) is 3.87. The van der Waals surface area contributed by atoms with Gasteiger partial charge in [0.2, 0.25) is 5.91 Å². The van der Waals surface area contributed by atoms with Gasteiger partial charge in [0.1, 0.15) is 5.82 Å². The van der Waals surface area contributed by atoms with E-state index in [-0.39, 0.29) is 29.4 Å². The number of carbonyl (C=O) groups is 1. The van der Waals surface area contributed by atoms with Gasteiger partial charge in [-0.05, 0) is 44.6 Å². The monoisotopic (exact) mass is 368 g/mol. The molecule has 0 aromatic heterocycles. The smallest absolute Gasteiger partial charge is 0.222 e. The molecule has 2 aliphatic rings. The minimum atomic E-state index is -3.12. The predicted octanol–water partition coefficient (Wildman–Crippen LogP) is 1.33. The van der Waals surface area contributed by atoms with Gasteiger partial charge in [-0.25, -0.2) is 12.8 Å². The van der Waals surface area contributed by atoms with E-state index in [1.807, 2.05) is 19.0 Å². The SMILES string of the molecule is CN(C)[C@@H]1CS(=O)(=O)[C@H]2CN(C(=O)CCCc3ccc(F)cc3)C[C@@H]12. The normalized spacial score (nSPS) is 27.7. The molecule has 0 N–H and O–H groups in total. The summed E-state index contributed by atoms with van der Waals surface area (Å²) in [5.41, 5.74) is 1.00. The highest BCUT2D eigenvalue weighted by molar-refractivity contribution is 7.92. The number of sulfone groups is 1. The molecule has 25 heavy (non-hydrogen) atoms. The molecule has 0 radical (unpaired) electrons. The van der Waals surface area contributed by atoms with Crippen molar-refractivity contribution in [2.75, 3.05) is 32.9 Å². The van der Waals surface area contributed by atoms with E-state index in [1.165, 1.54) is 12.1 Å². The van der Waals surface area contributed by atoms with E-state index in [9.17, 15) is 17.6 Å². The first kappa shape index (κ1) is 18.3. The van der Waals surface area contributed by atoms with E-state index in [0.29, 0.717) is 32.4 Å². The molecule has 0 saturated carbocycles. The summed E-state index contributed by atoms with van der Waals surface area (Å²) in [5.74, 6) is -0.0348. The average Bonchev–Trinajstić information content (AvgIpc) is 3.09. The van der Waals surface area contributed by atoms with Crippen molar-refractivity contribution in [1.82, 2.24) is 9.80 Å². The van der Waals surface area contributed by atoms with Gasteiger partial charge in [-0.1, -0.05) is 12.1 Å². The van der Waals surface area contributed by atoms with Gasteiger partial charge < -0.3 is 9.80 Å². The lowest BCUT2D eigenvalue weighted by Crippen LogP contribution is -2.38. The Kier molecular flexibility index (Phi) is 5.16. The van der Waals surface area contributed by atoms with E-state index >= 15 is 0 Å². The highest BCUT2D eigenvalue weighted by Gasteiger charge is 2.53. The van der Waals surface area contributed by atoms with Crippen molar-refractivity contribution in [3.05, 3.63) is 35.6 Å². The molecule has 3 atom stereocenters. The highest BCUT2D eigenvalue weighted by Crippen LogP contribution is 2.36. The largest absolute Gasteiger partial charge is 0.341 e. The number of likely N-dealkylation sites (tertiary alicyclic amines) is 1. The Labute approximate surface area is 148 Å². The van der Waals surface area contributed by atoms with Crippen LogP contribution in [0.4, 0.5) is 4.39 Å². The fourth-order valence-corrected chi connectivity index (χ4v) is 6.50. The molecule has 7 heteroatoms. The van der Waals surface area contributed by atoms with Gasteiger partial charge >= 0.3 is 0 Å². The summed E-state index contributed by atoms with van der Waals surface area (Å²) in [6.45, 7) is 0.856. The molecule has 0 unspecified atom stereocenters. The van der Waals surface area contributed by atoms with E-state index in [4.69, 9.17) is 0 Å². The van der Waals surface area contributed by atoms with Crippen LogP contribution in [0.1, 0.15) is 18.4 Å². The first-order valence-corrected chi connectivity index (χ1v) is 10.4. The van der Waals surface area contributed by atoms with Gasteiger partial charge in [0.25, 0.3) is 0 Å². The average molecular weight is 368 g/mol. The molecular formula is C18H25FN2O3S. The van der Waals surface area contributed by atoms with Crippen molar-refractivity contribution in [2.24, 2.45) is 5.92 Å². The van der Waals surface area contributed by atoms with Crippen LogP contribution in [0.5, 0.6) is 0 Å². The zero-order chi connectivity index (χ0) is 18.2. The summed E-state index contributed by atoms with van der Waals surface area (Å²) in [6, 6.07) is 6.30.